The van der Waals surface area contributed by atoms with Gasteiger partial charge >= 0.3 is 0 Å². The third-order valence-corrected chi connectivity index (χ3v) is 4.01. The molecule has 0 saturated heterocycles. The lowest BCUT2D eigenvalue weighted by atomic mass is 10.1. The number of aromatic nitrogens is 1. The molecule has 0 unspecified atom stereocenters. The first-order valence-corrected chi connectivity index (χ1v) is 8.85. The topological polar surface area (TPSA) is 66.5 Å². The van der Waals surface area contributed by atoms with E-state index in [2.05, 4.69) is 13.8 Å². The summed E-state index contributed by atoms with van der Waals surface area (Å²) in [5, 5.41) is 0.869. The lowest BCUT2D eigenvalue weighted by Gasteiger charge is -2.18. The Kier molecular flexibility index (Phi) is 6.53. The Morgan fingerprint density at radius 1 is 1.00 bits per heavy atom. The van der Waals surface area contributed by atoms with Gasteiger partial charge in [0.25, 0.3) is 5.56 Å². The number of hydrogen-bond acceptors (Lipinski definition) is 4. The van der Waals surface area contributed by atoms with Crippen molar-refractivity contribution >= 4 is 16.6 Å². The number of fused-ring (bicyclic) bond motifs is 1. The summed E-state index contributed by atoms with van der Waals surface area (Å²) in [4.78, 5) is 12.9. The van der Waals surface area contributed by atoms with Gasteiger partial charge in [0, 0.05) is 17.6 Å². The Morgan fingerprint density at radius 3 is 2.21 bits per heavy atom. The molecule has 0 atom stereocenters. The molecular formula is C19H28N2O3. The molecule has 0 spiro atoms. The van der Waals surface area contributed by atoms with E-state index in [4.69, 9.17) is 15.2 Å². The summed E-state index contributed by atoms with van der Waals surface area (Å²) in [5.41, 5.74) is 7.18. The van der Waals surface area contributed by atoms with E-state index in [0.717, 1.165) is 36.6 Å². The van der Waals surface area contributed by atoms with Gasteiger partial charge in [-0.3, -0.25) is 4.79 Å². The minimum absolute atomic E-state index is 0.154. The molecular weight excluding hydrogens is 304 g/mol. The third-order valence-electron chi connectivity index (χ3n) is 4.01. The Hall–Kier alpha value is -2.17. The molecule has 0 fully saturated rings. The van der Waals surface area contributed by atoms with Crippen molar-refractivity contribution in [2.75, 3.05) is 18.9 Å². The molecule has 24 heavy (non-hydrogen) atoms. The zero-order valence-electron chi connectivity index (χ0n) is 14.9. The average Bonchev–Trinajstić information content (AvgIpc) is 2.57. The molecule has 0 bridgehead atoms. The van der Waals surface area contributed by atoms with Gasteiger partial charge in [0.15, 0.2) is 5.75 Å². The molecule has 2 rings (SSSR count). The number of aryl methyl sites for hydroxylation is 1. The van der Waals surface area contributed by atoms with E-state index in [1.807, 2.05) is 25.1 Å². The zero-order chi connectivity index (χ0) is 17.5. The molecule has 2 N–H and O–H groups in total. The van der Waals surface area contributed by atoms with Crippen LogP contribution in [0.1, 0.15) is 46.5 Å². The summed E-state index contributed by atoms with van der Waals surface area (Å²) in [6.07, 6.45) is 3.88. The van der Waals surface area contributed by atoms with E-state index < -0.39 is 0 Å². The predicted molar refractivity (Wildman–Crippen MR) is 99.1 cm³/mol. The highest BCUT2D eigenvalue weighted by atomic mass is 16.5. The molecule has 132 valence electrons. The van der Waals surface area contributed by atoms with Crippen LogP contribution < -0.4 is 20.8 Å². The molecule has 2 aromatic rings. The first kappa shape index (κ1) is 18.2. The maximum atomic E-state index is 12.9. The van der Waals surface area contributed by atoms with Crippen molar-refractivity contribution in [3.8, 4) is 11.5 Å². The van der Waals surface area contributed by atoms with Crippen molar-refractivity contribution in [1.82, 2.24) is 4.57 Å². The van der Waals surface area contributed by atoms with Gasteiger partial charge in [0.05, 0.1) is 18.7 Å². The Morgan fingerprint density at radius 2 is 1.62 bits per heavy atom. The summed E-state index contributed by atoms with van der Waals surface area (Å²) in [7, 11) is 0. The maximum absolute atomic E-state index is 12.9. The number of nitrogen functional groups attached to an aromatic ring is 1. The normalized spacial score (nSPS) is 11.0. The van der Waals surface area contributed by atoms with Crippen LogP contribution in [0, 0.1) is 0 Å². The quantitative estimate of drug-likeness (QED) is 0.557. The van der Waals surface area contributed by atoms with Crippen molar-refractivity contribution < 1.29 is 9.47 Å². The first-order valence-electron chi connectivity index (χ1n) is 8.85. The molecule has 1 aromatic heterocycles. The van der Waals surface area contributed by atoms with Crippen LogP contribution in [0.2, 0.25) is 0 Å². The van der Waals surface area contributed by atoms with Gasteiger partial charge in [0.1, 0.15) is 0 Å². The number of rotatable bonds is 9. The third kappa shape index (κ3) is 3.83. The number of anilines is 1. The average molecular weight is 332 g/mol. The highest BCUT2D eigenvalue weighted by molar-refractivity contribution is 5.90. The van der Waals surface area contributed by atoms with Crippen LogP contribution in [-0.4, -0.2) is 17.8 Å². The second-order valence-corrected chi connectivity index (χ2v) is 5.89. The minimum atomic E-state index is -0.154. The van der Waals surface area contributed by atoms with E-state index in [9.17, 15) is 4.79 Å². The monoisotopic (exact) mass is 332 g/mol. The SMILES string of the molecule is CCCCOc1c(OCCCC)c2ccc(N)cc2n(CC)c1=O. The number of nitrogens with zero attached hydrogens (tertiary/aromatic N) is 1. The largest absolute Gasteiger partial charge is 0.489 e. The zero-order valence-corrected chi connectivity index (χ0v) is 14.9. The molecule has 0 aliphatic carbocycles. The van der Waals surface area contributed by atoms with Crippen LogP contribution in [0.25, 0.3) is 10.9 Å². The van der Waals surface area contributed by atoms with E-state index >= 15 is 0 Å². The van der Waals surface area contributed by atoms with Crippen molar-refractivity contribution in [3.05, 3.63) is 28.6 Å². The highest BCUT2D eigenvalue weighted by Gasteiger charge is 2.19. The fourth-order valence-corrected chi connectivity index (χ4v) is 2.64. The number of nitrogens with two attached hydrogens (primary N) is 1. The molecule has 0 radical (unpaired) electrons. The highest BCUT2D eigenvalue weighted by Crippen LogP contribution is 2.34. The van der Waals surface area contributed by atoms with Crippen LogP contribution in [0.4, 0.5) is 5.69 Å². The molecule has 5 nitrogen and oxygen atoms in total. The Labute approximate surface area is 143 Å². The lowest BCUT2D eigenvalue weighted by molar-refractivity contribution is 0.260. The van der Waals surface area contributed by atoms with Gasteiger partial charge in [-0.05, 0) is 38.0 Å². The van der Waals surface area contributed by atoms with Gasteiger partial charge in [-0.15, -0.1) is 0 Å². The van der Waals surface area contributed by atoms with Crippen LogP contribution in [0.15, 0.2) is 23.0 Å². The number of hydrogen-bond donors (Lipinski definition) is 1. The first-order chi connectivity index (χ1) is 11.6. The molecule has 0 amide bonds. The molecule has 0 aliphatic heterocycles. The van der Waals surface area contributed by atoms with Crippen molar-refractivity contribution in [1.29, 1.82) is 0 Å². The second-order valence-electron chi connectivity index (χ2n) is 5.89. The van der Waals surface area contributed by atoms with Gasteiger partial charge in [-0.1, -0.05) is 26.7 Å². The summed E-state index contributed by atoms with van der Waals surface area (Å²) in [6, 6.07) is 5.56. The lowest BCUT2D eigenvalue weighted by Crippen LogP contribution is -2.23. The Bertz CT molecular complexity index is 737. The number of unbranched alkanes of at least 4 members (excludes halogenated alkanes) is 2. The van der Waals surface area contributed by atoms with Crippen LogP contribution in [0.3, 0.4) is 0 Å². The van der Waals surface area contributed by atoms with Crippen LogP contribution in [0.5, 0.6) is 11.5 Å². The molecule has 0 aliphatic rings. The van der Waals surface area contributed by atoms with Gasteiger partial charge in [-0.25, -0.2) is 0 Å². The second kappa shape index (κ2) is 8.62. The van der Waals surface area contributed by atoms with Gasteiger partial charge in [0.2, 0.25) is 5.75 Å². The molecule has 1 heterocycles. The predicted octanol–water partition coefficient (Wildman–Crippen LogP) is 3.96. The summed E-state index contributed by atoms with van der Waals surface area (Å²) in [6.45, 7) is 7.77. The summed E-state index contributed by atoms with van der Waals surface area (Å²) >= 11 is 0. The van der Waals surface area contributed by atoms with Crippen LogP contribution in [-0.2, 0) is 6.54 Å². The molecule has 1 aromatic carbocycles. The van der Waals surface area contributed by atoms with Crippen molar-refractivity contribution in [3.63, 3.8) is 0 Å². The van der Waals surface area contributed by atoms with E-state index in [1.165, 1.54) is 0 Å². The molecule has 5 heteroatoms. The number of pyridine rings is 1. The fourth-order valence-electron chi connectivity index (χ4n) is 2.64. The smallest absolute Gasteiger partial charge is 0.297 e. The van der Waals surface area contributed by atoms with Gasteiger partial charge < -0.3 is 19.8 Å². The molecule has 0 saturated carbocycles. The standard InChI is InChI=1S/C19H28N2O3/c1-4-7-11-23-17-15-10-9-14(20)13-16(15)21(6-3)19(22)18(17)24-12-8-5-2/h9-10,13H,4-8,11-12,20H2,1-3H3. The fraction of sp³-hybridized carbons (Fsp3) is 0.526. The maximum Gasteiger partial charge on any atom is 0.297 e. The number of ether oxygens (including phenoxy) is 2. The Balaban J connectivity index is 2.61. The summed E-state index contributed by atoms with van der Waals surface area (Å²) in [5.74, 6) is 0.864. The minimum Gasteiger partial charge on any atom is -0.489 e. The van der Waals surface area contributed by atoms with Gasteiger partial charge in [-0.2, -0.15) is 0 Å². The van der Waals surface area contributed by atoms with Crippen molar-refractivity contribution in [2.24, 2.45) is 0 Å². The van der Waals surface area contributed by atoms with E-state index in [1.54, 1.807) is 4.57 Å². The summed E-state index contributed by atoms with van der Waals surface area (Å²) < 4.78 is 13.5. The van der Waals surface area contributed by atoms with E-state index in [0.29, 0.717) is 36.9 Å². The van der Waals surface area contributed by atoms with Crippen molar-refractivity contribution in [2.45, 2.75) is 53.0 Å². The van der Waals surface area contributed by atoms with Crippen LogP contribution >= 0.6 is 0 Å². The number of benzene rings is 1. The van der Waals surface area contributed by atoms with E-state index in [-0.39, 0.29) is 5.56 Å².